The van der Waals surface area contributed by atoms with E-state index in [-0.39, 0.29) is 6.04 Å². The maximum atomic E-state index is 5.95. The van der Waals surface area contributed by atoms with Gasteiger partial charge in [-0.1, -0.05) is 0 Å². The molecule has 1 aliphatic rings. The van der Waals surface area contributed by atoms with Gasteiger partial charge in [0.25, 0.3) is 0 Å². The molecule has 0 bridgehead atoms. The summed E-state index contributed by atoms with van der Waals surface area (Å²) in [7, 11) is 0. The Morgan fingerprint density at radius 1 is 1.62 bits per heavy atom. The van der Waals surface area contributed by atoms with Gasteiger partial charge in [0.05, 0.1) is 0 Å². The van der Waals surface area contributed by atoms with Crippen molar-refractivity contribution in [2.24, 2.45) is 5.73 Å². The van der Waals surface area contributed by atoms with Crippen molar-refractivity contribution in [1.29, 1.82) is 0 Å². The van der Waals surface area contributed by atoms with Gasteiger partial charge in [0.1, 0.15) is 0 Å². The zero-order valence-corrected chi connectivity index (χ0v) is 8.03. The Morgan fingerprint density at radius 2 is 2.46 bits per heavy atom. The molecule has 0 aliphatic heterocycles. The fourth-order valence-electron chi connectivity index (χ4n) is 2.21. The maximum absolute atomic E-state index is 5.95. The summed E-state index contributed by atoms with van der Waals surface area (Å²) in [6, 6.07) is 2.38. The summed E-state index contributed by atoms with van der Waals surface area (Å²) in [5.41, 5.74) is 8.78. The van der Waals surface area contributed by atoms with Crippen LogP contribution in [0.5, 0.6) is 0 Å². The second-order valence-electron chi connectivity index (χ2n) is 3.93. The first-order chi connectivity index (χ1) is 6.29. The molecule has 2 heteroatoms. The van der Waals surface area contributed by atoms with Crippen molar-refractivity contribution in [3.63, 3.8) is 0 Å². The van der Waals surface area contributed by atoms with Crippen molar-refractivity contribution >= 4 is 0 Å². The molecule has 2 unspecified atom stereocenters. The minimum Gasteiger partial charge on any atom is -0.327 e. The lowest BCUT2D eigenvalue weighted by Gasteiger charge is -2.27. The Bertz CT molecular complexity index is 294. The van der Waals surface area contributed by atoms with Crippen LogP contribution in [-0.4, -0.2) is 11.0 Å². The Morgan fingerprint density at radius 3 is 3.23 bits per heavy atom. The highest BCUT2D eigenvalue weighted by Crippen LogP contribution is 2.32. The van der Waals surface area contributed by atoms with E-state index < -0.39 is 0 Å². The largest absolute Gasteiger partial charge is 0.327 e. The number of rotatable bonds is 1. The first-order valence-corrected chi connectivity index (χ1v) is 4.97. The van der Waals surface area contributed by atoms with Crippen molar-refractivity contribution in [2.75, 3.05) is 0 Å². The van der Waals surface area contributed by atoms with Crippen LogP contribution < -0.4 is 5.73 Å². The molecule has 1 aromatic heterocycles. The SMILES string of the molecule is CC(N)C1CCCc2ccncc21. The predicted molar refractivity (Wildman–Crippen MR) is 53.6 cm³/mol. The van der Waals surface area contributed by atoms with E-state index in [1.165, 1.54) is 30.4 Å². The molecule has 2 nitrogen and oxygen atoms in total. The van der Waals surface area contributed by atoms with Gasteiger partial charge in [0.2, 0.25) is 0 Å². The van der Waals surface area contributed by atoms with Crippen LogP contribution in [0.25, 0.3) is 0 Å². The van der Waals surface area contributed by atoms with Crippen LogP contribution in [0.15, 0.2) is 18.5 Å². The summed E-state index contributed by atoms with van der Waals surface area (Å²) in [4.78, 5) is 4.18. The van der Waals surface area contributed by atoms with E-state index >= 15 is 0 Å². The van der Waals surface area contributed by atoms with Crippen LogP contribution in [-0.2, 0) is 6.42 Å². The Labute approximate surface area is 79.2 Å². The standard InChI is InChI=1S/C11H16N2/c1-8(12)10-4-2-3-9-5-6-13-7-11(9)10/h5-8,10H,2-4,12H2,1H3. The molecule has 0 aromatic carbocycles. The van der Waals surface area contributed by atoms with Gasteiger partial charge in [-0.15, -0.1) is 0 Å². The number of hydrogen-bond acceptors (Lipinski definition) is 2. The van der Waals surface area contributed by atoms with Crippen molar-refractivity contribution in [1.82, 2.24) is 4.98 Å². The topological polar surface area (TPSA) is 38.9 Å². The monoisotopic (exact) mass is 176 g/mol. The Kier molecular flexibility index (Phi) is 2.32. The molecular formula is C11H16N2. The molecule has 1 aliphatic carbocycles. The van der Waals surface area contributed by atoms with Gasteiger partial charge in [0, 0.05) is 24.4 Å². The number of hydrogen-bond donors (Lipinski definition) is 1. The summed E-state index contributed by atoms with van der Waals surface area (Å²) in [6.07, 6.45) is 7.55. The second kappa shape index (κ2) is 3.46. The molecule has 0 fully saturated rings. The van der Waals surface area contributed by atoms with Gasteiger partial charge >= 0.3 is 0 Å². The first-order valence-electron chi connectivity index (χ1n) is 4.97. The molecule has 13 heavy (non-hydrogen) atoms. The first kappa shape index (κ1) is 8.70. The molecule has 70 valence electrons. The van der Waals surface area contributed by atoms with Crippen LogP contribution in [0.2, 0.25) is 0 Å². The Hall–Kier alpha value is -0.890. The maximum Gasteiger partial charge on any atom is 0.0306 e. The van der Waals surface area contributed by atoms with Crippen LogP contribution in [0.4, 0.5) is 0 Å². The van der Waals surface area contributed by atoms with E-state index in [1.807, 2.05) is 12.4 Å². The summed E-state index contributed by atoms with van der Waals surface area (Å²) < 4.78 is 0. The fourth-order valence-corrected chi connectivity index (χ4v) is 2.21. The quantitative estimate of drug-likeness (QED) is 0.709. The molecule has 2 atom stereocenters. The van der Waals surface area contributed by atoms with E-state index in [0.29, 0.717) is 5.92 Å². The third-order valence-corrected chi connectivity index (χ3v) is 2.94. The minimum absolute atomic E-state index is 0.253. The molecule has 2 rings (SSSR count). The lowest BCUT2D eigenvalue weighted by Crippen LogP contribution is -2.27. The van der Waals surface area contributed by atoms with Gasteiger partial charge in [-0.05, 0) is 43.4 Å². The smallest absolute Gasteiger partial charge is 0.0306 e. The highest BCUT2D eigenvalue weighted by atomic mass is 14.7. The number of pyridine rings is 1. The van der Waals surface area contributed by atoms with E-state index in [9.17, 15) is 0 Å². The Balaban J connectivity index is 2.37. The summed E-state index contributed by atoms with van der Waals surface area (Å²) in [6.45, 7) is 2.09. The molecule has 0 saturated heterocycles. The summed E-state index contributed by atoms with van der Waals surface area (Å²) in [5, 5.41) is 0. The van der Waals surface area contributed by atoms with Crippen molar-refractivity contribution in [3.8, 4) is 0 Å². The number of nitrogens with zero attached hydrogens (tertiary/aromatic N) is 1. The molecule has 0 saturated carbocycles. The third-order valence-electron chi connectivity index (χ3n) is 2.94. The number of aryl methyl sites for hydroxylation is 1. The van der Waals surface area contributed by atoms with Crippen LogP contribution in [0, 0.1) is 0 Å². The third kappa shape index (κ3) is 1.59. The molecular weight excluding hydrogens is 160 g/mol. The van der Waals surface area contributed by atoms with Gasteiger partial charge in [-0.2, -0.15) is 0 Å². The molecule has 1 heterocycles. The second-order valence-corrected chi connectivity index (χ2v) is 3.93. The molecule has 0 radical (unpaired) electrons. The summed E-state index contributed by atoms with van der Waals surface area (Å²) in [5.74, 6) is 0.525. The lowest BCUT2D eigenvalue weighted by atomic mass is 9.80. The van der Waals surface area contributed by atoms with Crippen LogP contribution >= 0.6 is 0 Å². The molecule has 2 N–H and O–H groups in total. The zero-order valence-electron chi connectivity index (χ0n) is 8.03. The van der Waals surface area contributed by atoms with Gasteiger partial charge in [-0.3, -0.25) is 4.98 Å². The van der Waals surface area contributed by atoms with Gasteiger partial charge in [-0.25, -0.2) is 0 Å². The highest BCUT2D eigenvalue weighted by Gasteiger charge is 2.22. The van der Waals surface area contributed by atoms with Crippen molar-refractivity contribution < 1.29 is 0 Å². The average molecular weight is 176 g/mol. The predicted octanol–water partition coefficient (Wildman–Crippen LogP) is 1.85. The van der Waals surface area contributed by atoms with Crippen LogP contribution in [0.3, 0.4) is 0 Å². The van der Waals surface area contributed by atoms with Gasteiger partial charge < -0.3 is 5.73 Å². The van der Waals surface area contributed by atoms with Crippen LogP contribution in [0.1, 0.15) is 36.8 Å². The molecule has 0 amide bonds. The van der Waals surface area contributed by atoms with Gasteiger partial charge in [0.15, 0.2) is 0 Å². The normalized spacial score (nSPS) is 23.7. The van der Waals surface area contributed by atoms with Crippen molar-refractivity contribution in [3.05, 3.63) is 29.6 Å². The number of nitrogens with two attached hydrogens (primary N) is 1. The number of fused-ring (bicyclic) bond motifs is 1. The van der Waals surface area contributed by atoms with E-state index in [4.69, 9.17) is 5.73 Å². The van der Waals surface area contributed by atoms with E-state index in [2.05, 4.69) is 18.0 Å². The van der Waals surface area contributed by atoms with Crippen molar-refractivity contribution in [2.45, 2.75) is 38.1 Å². The average Bonchev–Trinajstić information content (AvgIpc) is 2.17. The fraction of sp³-hybridized carbons (Fsp3) is 0.545. The van der Waals surface area contributed by atoms with E-state index in [1.54, 1.807) is 0 Å². The van der Waals surface area contributed by atoms with E-state index in [0.717, 1.165) is 0 Å². The summed E-state index contributed by atoms with van der Waals surface area (Å²) >= 11 is 0. The minimum atomic E-state index is 0.253. The highest BCUT2D eigenvalue weighted by molar-refractivity contribution is 5.30. The molecule has 1 aromatic rings. The lowest BCUT2D eigenvalue weighted by molar-refractivity contribution is 0.483. The zero-order chi connectivity index (χ0) is 9.26. The number of aromatic nitrogens is 1. The molecule has 0 spiro atoms.